The summed E-state index contributed by atoms with van der Waals surface area (Å²) in [5.41, 5.74) is 3.87. The average molecular weight is 309 g/mol. The van der Waals surface area contributed by atoms with Crippen LogP contribution in [0.5, 0.6) is 0 Å². The largest absolute Gasteiger partial charge is 0.480 e. The monoisotopic (exact) mass is 309 g/mol. The molecule has 0 heterocycles. The smallest absolute Gasteiger partial charge is 0.328 e. The van der Waals surface area contributed by atoms with E-state index in [1.807, 2.05) is 22.6 Å². The van der Waals surface area contributed by atoms with Crippen molar-refractivity contribution in [3.05, 3.63) is 33.1 Å². The molecule has 0 amide bonds. The first-order chi connectivity index (χ1) is 6.37. The van der Waals surface area contributed by atoms with E-state index in [4.69, 9.17) is 10.8 Å². The number of aliphatic carboxylic acids is 1. The molecule has 1 aromatic carbocycles. The second kappa shape index (κ2) is 3.82. The summed E-state index contributed by atoms with van der Waals surface area (Å²) in [6.07, 6.45) is 0. The van der Waals surface area contributed by atoms with Gasteiger partial charge >= 0.3 is 5.97 Å². The molecule has 0 bridgehead atoms. The summed E-state index contributed by atoms with van der Waals surface area (Å²) < 4.78 is 13.9. The fourth-order valence-electron chi connectivity index (χ4n) is 1.10. The molecule has 0 radical (unpaired) electrons. The van der Waals surface area contributed by atoms with Crippen molar-refractivity contribution < 1.29 is 14.3 Å². The molecule has 3 nitrogen and oxygen atoms in total. The van der Waals surface area contributed by atoms with Gasteiger partial charge in [-0.1, -0.05) is 6.07 Å². The van der Waals surface area contributed by atoms with Crippen LogP contribution < -0.4 is 5.73 Å². The highest BCUT2D eigenvalue weighted by Crippen LogP contribution is 2.26. The maximum absolute atomic E-state index is 13.4. The van der Waals surface area contributed by atoms with Crippen LogP contribution in [0.1, 0.15) is 12.5 Å². The van der Waals surface area contributed by atoms with Crippen molar-refractivity contribution in [2.45, 2.75) is 12.5 Å². The molecule has 0 aliphatic carbocycles. The van der Waals surface area contributed by atoms with E-state index in [9.17, 15) is 9.18 Å². The Kier molecular flexibility index (Phi) is 3.10. The summed E-state index contributed by atoms with van der Waals surface area (Å²) >= 11 is 1.86. The van der Waals surface area contributed by atoms with Crippen molar-refractivity contribution in [3.63, 3.8) is 0 Å². The number of benzene rings is 1. The topological polar surface area (TPSA) is 63.3 Å². The van der Waals surface area contributed by atoms with Gasteiger partial charge in [0.2, 0.25) is 0 Å². The number of hydrogen-bond acceptors (Lipinski definition) is 2. The number of hydrogen-bond donors (Lipinski definition) is 2. The Balaban J connectivity index is 3.38. The van der Waals surface area contributed by atoms with Crippen LogP contribution in [0, 0.1) is 9.39 Å². The van der Waals surface area contributed by atoms with Gasteiger partial charge in [-0.2, -0.15) is 0 Å². The van der Waals surface area contributed by atoms with Crippen LogP contribution in [-0.2, 0) is 10.3 Å². The summed E-state index contributed by atoms with van der Waals surface area (Å²) in [7, 11) is 0. The molecular weight excluding hydrogens is 300 g/mol. The van der Waals surface area contributed by atoms with Crippen LogP contribution in [0.15, 0.2) is 18.2 Å². The molecule has 1 unspecified atom stereocenters. The number of carboxylic acid groups (broad SMARTS) is 1. The Hall–Kier alpha value is -0.690. The molecule has 1 rings (SSSR count). The van der Waals surface area contributed by atoms with Gasteiger partial charge in [0.15, 0.2) is 0 Å². The van der Waals surface area contributed by atoms with Crippen molar-refractivity contribution >= 4 is 28.6 Å². The van der Waals surface area contributed by atoms with Crippen molar-refractivity contribution in [1.29, 1.82) is 0 Å². The Morgan fingerprint density at radius 2 is 2.21 bits per heavy atom. The van der Waals surface area contributed by atoms with Crippen LogP contribution in [-0.4, -0.2) is 11.1 Å². The molecule has 0 aliphatic rings. The Morgan fingerprint density at radius 1 is 1.64 bits per heavy atom. The zero-order valence-corrected chi connectivity index (χ0v) is 9.58. The molecule has 76 valence electrons. The van der Waals surface area contributed by atoms with Crippen molar-refractivity contribution in [3.8, 4) is 0 Å². The van der Waals surface area contributed by atoms with Crippen LogP contribution in [0.2, 0.25) is 0 Å². The normalized spacial score (nSPS) is 14.9. The second-order valence-electron chi connectivity index (χ2n) is 3.10. The van der Waals surface area contributed by atoms with E-state index in [2.05, 4.69) is 0 Å². The summed E-state index contributed by atoms with van der Waals surface area (Å²) in [6, 6.07) is 4.33. The third kappa shape index (κ3) is 1.88. The van der Waals surface area contributed by atoms with Gasteiger partial charge in [0.25, 0.3) is 0 Å². The summed E-state index contributed by atoms with van der Waals surface area (Å²) in [5.74, 6) is -1.84. The molecule has 0 saturated heterocycles. The van der Waals surface area contributed by atoms with E-state index in [0.717, 1.165) is 0 Å². The maximum atomic E-state index is 13.4. The van der Waals surface area contributed by atoms with E-state index >= 15 is 0 Å². The first-order valence-electron chi connectivity index (χ1n) is 3.84. The molecule has 1 atom stereocenters. The van der Waals surface area contributed by atoms with Crippen molar-refractivity contribution in [2.75, 3.05) is 0 Å². The molecule has 1 aromatic rings. The minimum atomic E-state index is -1.69. The number of rotatable bonds is 2. The highest BCUT2D eigenvalue weighted by Gasteiger charge is 2.34. The Bertz CT molecular complexity index is 359. The molecule has 14 heavy (non-hydrogen) atoms. The Morgan fingerprint density at radius 3 is 2.64 bits per heavy atom. The SMILES string of the molecule is CC(N)(C(=O)O)c1c(F)cccc1I. The summed E-state index contributed by atoms with van der Waals surface area (Å²) in [6.45, 7) is 1.27. The lowest BCUT2D eigenvalue weighted by atomic mass is 9.93. The quantitative estimate of drug-likeness (QED) is 0.817. The van der Waals surface area contributed by atoms with Gasteiger partial charge in [-0.25, -0.2) is 9.18 Å². The Labute approximate surface area is 94.2 Å². The highest BCUT2D eigenvalue weighted by molar-refractivity contribution is 14.1. The van der Waals surface area contributed by atoms with Crippen LogP contribution in [0.25, 0.3) is 0 Å². The minimum Gasteiger partial charge on any atom is -0.480 e. The zero-order chi connectivity index (χ0) is 10.9. The molecule has 0 saturated carbocycles. The molecule has 3 N–H and O–H groups in total. The van der Waals surface area contributed by atoms with E-state index in [1.54, 1.807) is 6.07 Å². The fourth-order valence-corrected chi connectivity index (χ4v) is 2.13. The van der Waals surface area contributed by atoms with Gasteiger partial charge in [0, 0.05) is 9.13 Å². The van der Waals surface area contributed by atoms with Gasteiger partial charge in [-0.05, 0) is 41.6 Å². The van der Waals surface area contributed by atoms with Gasteiger partial charge in [0.05, 0.1) is 0 Å². The lowest BCUT2D eigenvalue weighted by Crippen LogP contribution is -2.43. The van der Waals surface area contributed by atoms with E-state index in [-0.39, 0.29) is 5.56 Å². The lowest BCUT2D eigenvalue weighted by molar-refractivity contribution is -0.143. The molecule has 0 aromatic heterocycles. The standard InChI is InChI=1S/C9H9FINO2/c1-9(12,8(13)14)7-5(10)3-2-4-6(7)11/h2-4H,12H2,1H3,(H,13,14). The van der Waals surface area contributed by atoms with Crippen LogP contribution >= 0.6 is 22.6 Å². The van der Waals surface area contributed by atoms with E-state index < -0.39 is 17.3 Å². The highest BCUT2D eigenvalue weighted by atomic mass is 127. The summed E-state index contributed by atoms with van der Waals surface area (Å²) in [5, 5.41) is 8.85. The van der Waals surface area contributed by atoms with Crippen molar-refractivity contribution in [2.24, 2.45) is 5.73 Å². The fraction of sp³-hybridized carbons (Fsp3) is 0.222. The predicted octanol–water partition coefficient (Wildman–Crippen LogP) is 1.69. The summed E-state index contributed by atoms with van der Waals surface area (Å²) in [4.78, 5) is 10.8. The number of carbonyl (C=O) groups is 1. The van der Waals surface area contributed by atoms with E-state index in [0.29, 0.717) is 3.57 Å². The first kappa shape index (κ1) is 11.4. The van der Waals surface area contributed by atoms with Crippen LogP contribution in [0.3, 0.4) is 0 Å². The number of carboxylic acids is 1. The predicted molar refractivity (Wildman–Crippen MR) is 58.3 cm³/mol. The lowest BCUT2D eigenvalue weighted by Gasteiger charge is -2.21. The third-order valence-corrected chi connectivity index (χ3v) is 2.83. The van der Waals surface area contributed by atoms with Gasteiger partial charge in [0.1, 0.15) is 11.4 Å². The first-order valence-corrected chi connectivity index (χ1v) is 4.92. The van der Waals surface area contributed by atoms with Gasteiger partial charge < -0.3 is 10.8 Å². The van der Waals surface area contributed by atoms with Gasteiger partial charge in [-0.3, -0.25) is 0 Å². The maximum Gasteiger partial charge on any atom is 0.328 e. The third-order valence-electron chi connectivity index (χ3n) is 1.93. The molecule has 0 spiro atoms. The second-order valence-corrected chi connectivity index (χ2v) is 4.27. The zero-order valence-electron chi connectivity index (χ0n) is 7.42. The molecule has 5 heteroatoms. The van der Waals surface area contributed by atoms with Crippen LogP contribution in [0.4, 0.5) is 4.39 Å². The van der Waals surface area contributed by atoms with E-state index in [1.165, 1.54) is 19.1 Å². The number of nitrogens with two attached hydrogens (primary N) is 1. The molecule has 0 aliphatic heterocycles. The molecule has 0 fully saturated rings. The number of halogens is 2. The van der Waals surface area contributed by atoms with Crippen molar-refractivity contribution in [1.82, 2.24) is 0 Å². The minimum absolute atomic E-state index is 0.0214. The van der Waals surface area contributed by atoms with Gasteiger partial charge in [-0.15, -0.1) is 0 Å². The average Bonchev–Trinajstić information content (AvgIpc) is 2.02. The molecular formula is C9H9FINO2.